The fraction of sp³-hybridized carbons (Fsp3) is 0.368. The molecule has 0 aliphatic heterocycles. The number of rotatable bonds is 7. The summed E-state index contributed by atoms with van der Waals surface area (Å²) in [5.41, 5.74) is 2.92. The molecular formula is C19H23N5O2S. The van der Waals surface area contributed by atoms with Crippen LogP contribution in [-0.4, -0.2) is 49.8 Å². The van der Waals surface area contributed by atoms with E-state index in [0.29, 0.717) is 24.1 Å². The molecule has 0 radical (unpaired) electrons. The van der Waals surface area contributed by atoms with E-state index in [1.54, 1.807) is 16.5 Å². The van der Waals surface area contributed by atoms with Crippen molar-refractivity contribution in [2.45, 2.75) is 32.5 Å². The Labute approximate surface area is 162 Å². The van der Waals surface area contributed by atoms with E-state index in [1.807, 2.05) is 51.1 Å². The van der Waals surface area contributed by atoms with Crippen molar-refractivity contribution in [3.8, 4) is 5.75 Å². The van der Waals surface area contributed by atoms with E-state index in [4.69, 9.17) is 4.74 Å². The number of ether oxygens (including phenoxy) is 1. The van der Waals surface area contributed by atoms with Crippen molar-refractivity contribution in [3.63, 3.8) is 0 Å². The second-order valence-corrected chi connectivity index (χ2v) is 7.20. The van der Waals surface area contributed by atoms with Gasteiger partial charge < -0.3 is 9.64 Å². The number of carbonyl (C=O) groups excluding carboxylic acids is 1. The smallest absolute Gasteiger partial charge is 0.253 e. The lowest BCUT2D eigenvalue weighted by molar-refractivity contribution is -0.127. The summed E-state index contributed by atoms with van der Waals surface area (Å²) in [4.78, 5) is 22.9. The number of amides is 1. The van der Waals surface area contributed by atoms with Gasteiger partial charge in [-0.15, -0.1) is 5.10 Å². The Morgan fingerprint density at radius 2 is 1.96 bits per heavy atom. The first-order valence-corrected chi connectivity index (χ1v) is 9.74. The normalized spacial score (nSPS) is 11.0. The first-order valence-electron chi connectivity index (χ1n) is 8.75. The van der Waals surface area contributed by atoms with Crippen molar-refractivity contribution in [2.75, 3.05) is 19.4 Å². The van der Waals surface area contributed by atoms with E-state index < -0.39 is 0 Å². The van der Waals surface area contributed by atoms with Crippen molar-refractivity contribution >= 4 is 23.4 Å². The molecule has 0 saturated heterocycles. The molecule has 0 aliphatic carbocycles. The molecule has 0 atom stereocenters. The number of aryl methyl sites for hydroxylation is 2. The largest absolute Gasteiger partial charge is 0.494 e. The van der Waals surface area contributed by atoms with Gasteiger partial charge in [0.2, 0.25) is 11.1 Å². The van der Waals surface area contributed by atoms with Crippen molar-refractivity contribution in [3.05, 3.63) is 47.3 Å². The van der Waals surface area contributed by atoms with Crippen LogP contribution in [0.4, 0.5) is 0 Å². The quantitative estimate of drug-likeness (QED) is 0.582. The summed E-state index contributed by atoms with van der Waals surface area (Å²) in [6.07, 6.45) is 0. The average Bonchev–Trinajstić information content (AvgIpc) is 3.04. The number of hydrogen-bond acceptors (Lipinski definition) is 6. The number of fused-ring (bicyclic) bond motifs is 1. The van der Waals surface area contributed by atoms with Crippen LogP contribution in [0.25, 0.3) is 5.78 Å². The summed E-state index contributed by atoms with van der Waals surface area (Å²) in [5.74, 6) is 1.70. The monoisotopic (exact) mass is 385 g/mol. The standard InChI is InChI=1S/C19H23N5O2S/c1-5-26-16-8-6-15(7-9-16)11-23(4)17(25)12-27-19-21-18-20-13(2)10-14(3)24(18)22-19/h6-10H,5,11-12H2,1-4H3. The van der Waals surface area contributed by atoms with Gasteiger partial charge in [0.1, 0.15) is 5.75 Å². The molecule has 1 aromatic carbocycles. The third-order valence-electron chi connectivity index (χ3n) is 4.00. The van der Waals surface area contributed by atoms with Gasteiger partial charge in [0, 0.05) is 25.0 Å². The lowest BCUT2D eigenvalue weighted by Crippen LogP contribution is -2.27. The first-order chi connectivity index (χ1) is 13.0. The van der Waals surface area contributed by atoms with E-state index in [-0.39, 0.29) is 11.7 Å². The van der Waals surface area contributed by atoms with Gasteiger partial charge >= 0.3 is 0 Å². The van der Waals surface area contributed by atoms with Crippen LogP contribution in [0.5, 0.6) is 5.75 Å². The highest BCUT2D eigenvalue weighted by atomic mass is 32.2. The second kappa shape index (κ2) is 8.39. The molecule has 2 aromatic heterocycles. The summed E-state index contributed by atoms with van der Waals surface area (Å²) < 4.78 is 7.13. The van der Waals surface area contributed by atoms with Crippen molar-refractivity contribution in [2.24, 2.45) is 0 Å². The van der Waals surface area contributed by atoms with Gasteiger partial charge in [-0.05, 0) is 44.5 Å². The topological polar surface area (TPSA) is 72.6 Å². The Morgan fingerprint density at radius 3 is 2.67 bits per heavy atom. The molecule has 2 heterocycles. The summed E-state index contributed by atoms with van der Waals surface area (Å²) in [6.45, 7) is 7.02. The van der Waals surface area contributed by atoms with E-state index >= 15 is 0 Å². The maximum atomic E-state index is 12.4. The predicted octanol–water partition coefficient (Wildman–Crippen LogP) is 2.89. The molecule has 0 unspecified atom stereocenters. The number of benzene rings is 1. The number of aromatic nitrogens is 4. The van der Waals surface area contributed by atoms with Gasteiger partial charge in [0.15, 0.2) is 0 Å². The lowest BCUT2D eigenvalue weighted by Gasteiger charge is -2.17. The molecule has 0 saturated carbocycles. The zero-order valence-electron chi connectivity index (χ0n) is 16.0. The number of hydrogen-bond donors (Lipinski definition) is 0. The van der Waals surface area contributed by atoms with Crippen LogP contribution in [0.3, 0.4) is 0 Å². The highest BCUT2D eigenvalue weighted by Gasteiger charge is 2.13. The van der Waals surface area contributed by atoms with Gasteiger partial charge in [-0.3, -0.25) is 4.79 Å². The Morgan fingerprint density at radius 1 is 1.22 bits per heavy atom. The van der Waals surface area contributed by atoms with Crippen LogP contribution >= 0.6 is 11.8 Å². The maximum absolute atomic E-state index is 12.4. The molecule has 3 rings (SSSR count). The molecule has 0 bridgehead atoms. The summed E-state index contributed by atoms with van der Waals surface area (Å²) in [7, 11) is 1.80. The van der Waals surface area contributed by atoms with Crippen LogP contribution in [-0.2, 0) is 11.3 Å². The number of thioether (sulfide) groups is 1. The zero-order valence-corrected chi connectivity index (χ0v) is 16.8. The lowest BCUT2D eigenvalue weighted by atomic mass is 10.2. The van der Waals surface area contributed by atoms with E-state index in [1.165, 1.54) is 11.8 Å². The minimum Gasteiger partial charge on any atom is -0.494 e. The molecule has 3 aromatic rings. The van der Waals surface area contributed by atoms with Gasteiger partial charge in [0.05, 0.1) is 12.4 Å². The highest BCUT2D eigenvalue weighted by molar-refractivity contribution is 7.99. The van der Waals surface area contributed by atoms with Crippen LogP contribution in [0.2, 0.25) is 0 Å². The van der Waals surface area contributed by atoms with Gasteiger partial charge in [0.25, 0.3) is 5.78 Å². The van der Waals surface area contributed by atoms with Crippen molar-refractivity contribution in [1.29, 1.82) is 0 Å². The third kappa shape index (κ3) is 4.77. The Kier molecular flexibility index (Phi) is 5.95. The minimum absolute atomic E-state index is 0.0219. The molecule has 0 N–H and O–H groups in total. The molecule has 7 nitrogen and oxygen atoms in total. The number of carbonyl (C=O) groups is 1. The van der Waals surface area contributed by atoms with Gasteiger partial charge in [-0.1, -0.05) is 23.9 Å². The van der Waals surface area contributed by atoms with Crippen LogP contribution in [0, 0.1) is 13.8 Å². The van der Waals surface area contributed by atoms with Crippen LogP contribution in [0.15, 0.2) is 35.5 Å². The molecule has 142 valence electrons. The second-order valence-electron chi connectivity index (χ2n) is 6.26. The van der Waals surface area contributed by atoms with E-state index in [2.05, 4.69) is 15.1 Å². The average molecular weight is 385 g/mol. The Bertz CT molecular complexity index is 939. The molecule has 0 aliphatic rings. The molecule has 0 spiro atoms. The Hall–Kier alpha value is -2.61. The summed E-state index contributed by atoms with van der Waals surface area (Å²) in [5, 5.41) is 4.97. The maximum Gasteiger partial charge on any atom is 0.253 e. The zero-order chi connectivity index (χ0) is 19.4. The minimum atomic E-state index is 0.0219. The van der Waals surface area contributed by atoms with Crippen molar-refractivity contribution < 1.29 is 9.53 Å². The van der Waals surface area contributed by atoms with Crippen molar-refractivity contribution in [1.82, 2.24) is 24.5 Å². The summed E-state index contributed by atoms with van der Waals surface area (Å²) in [6, 6.07) is 9.74. The highest BCUT2D eigenvalue weighted by Crippen LogP contribution is 2.17. The predicted molar refractivity (Wildman–Crippen MR) is 105 cm³/mol. The van der Waals surface area contributed by atoms with E-state index in [0.717, 1.165) is 22.7 Å². The molecule has 1 amide bonds. The fourth-order valence-corrected chi connectivity index (χ4v) is 3.42. The molecular weight excluding hydrogens is 362 g/mol. The first kappa shape index (κ1) is 19.2. The SMILES string of the molecule is CCOc1ccc(CN(C)C(=O)CSc2nc3nc(C)cc(C)n3n2)cc1. The molecule has 8 heteroatoms. The molecule has 27 heavy (non-hydrogen) atoms. The van der Waals surface area contributed by atoms with Gasteiger partial charge in [-0.25, -0.2) is 9.50 Å². The third-order valence-corrected chi connectivity index (χ3v) is 4.83. The van der Waals surface area contributed by atoms with Crippen LogP contribution in [0.1, 0.15) is 23.9 Å². The summed E-state index contributed by atoms with van der Waals surface area (Å²) >= 11 is 1.32. The van der Waals surface area contributed by atoms with E-state index in [9.17, 15) is 4.79 Å². The Balaban J connectivity index is 1.57. The molecule has 0 fully saturated rings. The van der Waals surface area contributed by atoms with Gasteiger partial charge in [-0.2, -0.15) is 4.98 Å². The fourth-order valence-electron chi connectivity index (χ4n) is 2.67. The number of nitrogens with zero attached hydrogens (tertiary/aromatic N) is 5. The van der Waals surface area contributed by atoms with Crippen LogP contribution < -0.4 is 4.74 Å².